The number of hydrogen-bond donors (Lipinski definition) is 1. The van der Waals surface area contributed by atoms with Crippen LogP contribution in [0.3, 0.4) is 0 Å². The number of ether oxygens (including phenoxy) is 1. The second kappa shape index (κ2) is 11.3. The highest BCUT2D eigenvalue weighted by molar-refractivity contribution is 9.10. The largest absolute Gasteiger partial charge is 0.493 e. The zero-order valence-electron chi connectivity index (χ0n) is 20.1. The molecule has 0 fully saturated rings. The van der Waals surface area contributed by atoms with E-state index in [0.29, 0.717) is 11.3 Å². The molecule has 196 valence electrons. The minimum Gasteiger partial charge on any atom is -0.493 e. The van der Waals surface area contributed by atoms with Crippen LogP contribution >= 0.6 is 15.9 Å². The number of nitro benzene ring substituents is 1. The van der Waals surface area contributed by atoms with Gasteiger partial charge in [0.2, 0.25) is 0 Å². The number of nitrogens with one attached hydrogen (secondary N) is 1. The smallest absolute Gasteiger partial charge is 0.339 e. The van der Waals surface area contributed by atoms with E-state index >= 15 is 0 Å². The van der Waals surface area contributed by atoms with Crippen LogP contribution in [0.2, 0.25) is 0 Å². The monoisotopic (exact) mass is 607 g/mol. The van der Waals surface area contributed by atoms with Crippen LogP contribution in [0.4, 0.5) is 11.4 Å². The highest BCUT2D eigenvalue weighted by Crippen LogP contribution is 2.39. The van der Waals surface area contributed by atoms with Gasteiger partial charge in [-0.05, 0) is 57.2 Å². The van der Waals surface area contributed by atoms with Crippen LogP contribution in [0, 0.1) is 21.4 Å². The number of carbonyl (C=O) groups is 1. The minimum absolute atomic E-state index is 0.0311. The van der Waals surface area contributed by atoms with Gasteiger partial charge >= 0.3 is 10.1 Å². The number of hydrogen-bond acceptors (Lipinski definition) is 8. The van der Waals surface area contributed by atoms with E-state index in [0.717, 1.165) is 29.0 Å². The van der Waals surface area contributed by atoms with Crippen LogP contribution in [0.15, 0.2) is 93.8 Å². The molecule has 0 heterocycles. The summed E-state index contributed by atoms with van der Waals surface area (Å²) in [6, 6.07) is 22.0. The molecule has 4 aromatic rings. The van der Waals surface area contributed by atoms with Gasteiger partial charge < -0.3 is 14.2 Å². The average Bonchev–Trinajstić information content (AvgIpc) is 2.93. The van der Waals surface area contributed by atoms with Gasteiger partial charge in [0.1, 0.15) is 16.5 Å². The van der Waals surface area contributed by atoms with E-state index in [1.807, 2.05) is 36.4 Å². The number of methoxy groups -OCH3 is 1. The van der Waals surface area contributed by atoms with Gasteiger partial charge in [-0.25, -0.2) is 0 Å². The lowest BCUT2D eigenvalue weighted by Gasteiger charge is -2.13. The Bertz CT molecular complexity index is 1790. The standard InChI is InChI=1S/C27H18BrN3O7S/c1-37-25-14-17(12-19(16-29)27(32)30-24-11-4-7-18-6-2-3-10-22(18)24)13-23(28)26(25)38-39(35,36)21-9-5-8-20(15-21)31(33)34/h2-15H,1H3,(H,30,32)/b19-12+. The van der Waals surface area contributed by atoms with Crippen molar-refractivity contribution in [1.82, 2.24) is 0 Å². The number of amides is 1. The molecule has 0 aliphatic rings. The van der Waals surface area contributed by atoms with Gasteiger partial charge in [-0.3, -0.25) is 14.9 Å². The number of anilines is 1. The SMILES string of the molecule is COc1cc(/C=C(\C#N)C(=O)Nc2cccc3ccccc23)cc(Br)c1OS(=O)(=O)c1cccc([N+](=O)[O-])c1. The van der Waals surface area contributed by atoms with E-state index < -0.39 is 31.5 Å². The summed E-state index contributed by atoms with van der Waals surface area (Å²) in [7, 11) is -3.20. The molecule has 0 aliphatic heterocycles. The van der Waals surface area contributed by atoms with Crippen molar-refractivity contribution >= 4 is 60.2 Å². The summed E-state index contributed by atoms with van der Waals surface area (Å²) in [6.45, 7) is 0. The van der Waals surface area contributed by atoms with Crippen LogP contribution in [-0.2, 0) is 14.9 Å². The molecular formula is C27H18BrN3O7S. The van der Waals surface area contributed by atoms with Crippen LogP contribution < -0.4 is 14.2 Å². The van der Waals surface area contributed by atoms with Crippen molar-refractivity contribution in [3.8, 4) is 17.6 Å². The highest BCUT2D eigenvalue weighted by Gasteiger charge is 2.24. The number of nitrogens with zero attached hydrogens (tertiary/aromatic N) is 2. The minimum atomic E-state index is -4.48. The summed E-state index contributed by atoms with van der Waals surface area (Å²) in [5, 5.41) is 25.2. The van der Waals surface area contributed by atoms with E-state index in [-0.39, 0.29) is 21.5 Å². The normalized spacial score (nSPS) is 11.5. The molecule has 12 heteroatoms. The molecule has 0 saturated carbocycles. The maximum absolute atomic E-state index is 12.9. The lowest BCUT2D eigenvalue weighted by Crippen LogP contribution is -2.13. The Labute approximate surface area is 231 Å². The third-order valence-corrected chi connectivity index (χ3v) is 7.28. The van der Waals surface area contributed by atoms with Crippen LogP contribution in [0.5, 0.6) is 11.5 Å². The second-order valence-electron chi connectivity index (χ2n) is 7.98. The number of rotatable bonds is 8. The summed E-state index contributed by atoms with van der Waals surface area (Å²) < 4.78 is 36.3. The Hall–Kier alpha value is -4.73. The van der Waals surface area contributed by atoms with Crippen molar-refractivity contribution in [2.24, 2.45) is 0 Å². The van der Waals surface area contributed by atoms with Crippen LogP contribution in [0.1, 0.15) is 5.56 Å². The zero-order valence-corrected chi connectivity index (χ0v) is 22.5. The van der Waals surface area contributed by atoms with E-state index in [4.69, 9.17) is 8.92 Å². The molecule has 0 atom stereocenters. The molecular weight excluding hydrogens is 590 g/mol. The molecule has 1 amide bonds. The van der Waals surface area contributed by atoms with Crippen LogP contribution in [0.25, 0.3) is 16.8 Å². The summed E-state index contributed by atoms with van der Waals surface area (Å²) in [5.41, 5.74) is 0.239. The maximum atomic E-state index is 12.9. The first kappa shape index (κ1) is 27.3. The van der Waals surface area contributed by atoms with E-state index in [9.17, 15) is 28.6 Å². The number of fused-ring (bicyclic) bond motifs is 1. The van der Waals surface area contributed by atoms with Gasteiger partial charge in [0.15, 0.2) is 11.5 Å². The molecule has 0 spiro atoms. The third-order valence-electron chi connectivity index (χ3n) is 5.48. The van der Waals surface area contributed by atoms with E-state index in [1.54, 1.807) is 12.1 Å². The van der Waals surface area contributed by atoms with Crippen molar-refractivity contribution in [3.63, 3.8) is 0 Å². The fourth-order valence-electron chi connectivity index (χ4n) is 3.65. The topological polar surface area (TPSA) is 149 Å². The maximum Gasteiger partial charge on any atom is 0.339 e. The van der Waals surface area contributed by atoms with E-state index in [2.05, 4.69) is 21.2 Å². The van der Waals surface area contributed by atoms with Gasteiger partial charge in [0.25, 0.3) is 11.6 Å². The van der Waals surface area contributed by atoms with Crippen molar-refractivity contribution in [3.05, 3.63) is 105 Å². The van der Waals surface area contributed by atoms with Crippen molar-refractivity contribution in [2.75, 3.05) is 12.4 Å². The quantitative estimate of drug-likeness (QED) is 0.0863. The lowest BCUT2D eigenvalue weighted by molar-refractivity contribution is -0.385. The first-order valence-corrected chi connectivity index (χ1v) is 13.3. The molecule has 39 heavy (non-hydrogen) atoms. The number of carbonyl (C=O) groups excluding carboxylic acids is 1. The Morgan fingerprint density at radius 2 is 1.79 bits per heavy atom. The van der Waals surface area contributed by atoms with Crippen molar-refractivity contribution < 1.29 is 27.1 Å². The molecule has 10 nitrogen and oxygen atoms in total. The van der Waals surface area contributed by atoms with Gasteiger partial charge in [-0.15, -0.1) is 0 Å². The highest BCUT2D eigenvalue weighted by atomic mass is 79.9. The first-order valence-electron chi connectivity index (χ1n) is 11.1. The zero-order chi connectivity index (χ0) is 28.2. The summed E-state index contributed by atoms with van der Waals surface area (Å²) in [5.74, 6) is -0.895. The molecule has 0 bridgehead atoms. The fraction of sp³-hybridized carbons (Fsp3) is 0.0370. The third kappa shape index (κ3) is 6.06. The molecule has 4 aromatic carbocycles. The summed E-state index contributed by atoms with van der Waals surface area (Å²) >= 11 is 3.24. The molecule has 0 aromatic heterocycles. The van der Waals surface area contributed by atoms with Crippen molar-refractivity contribution in [2.45, 2.75) is 4.90 Å². The Balaban J connectivity index is 1.64. The molecule has 4 rings (SSSR count). The Morgan fingerprint density at radius 1 is 1.08 bits per heavy atom. The predicted octanol–water partition coefficient (Wildman–Crippen LogP) is 5.83. The fourth-order valence-corrected chi connectivity index (χ4v) is 5.30. The first-order chi connectivity index (χ1) is 18.6. The molecule has 0 aliphatic carbocycles. The summed E-state index contributed by atoms with van der Waals surface area (Å²) in [6.07, 6.45) is 1.31. The molecule has 0 radical (unpaired) electrons. The number of nitriles is 1. The van der Waals surface area contributed by atoms with Gasteiger partial charge in [-0.1, -0.05) is 42.5 Å². The second-order valence-corrected chi connectivity index (χ2v) is 10.4. The van der Waals surface area contributed by atoms with Crippen molar-refractivity contribution in [1.29, 1.82) is 5.26 Å². The number of non-ortho nitro benzene ring substituents is 1. The lowest BCUT2D eigenvalue weighted by atomic mass is 10.1. The van der Waals surface area contributed by atoms with Gasteiger partial charge in [0, 0.05) is 23.2 Å². The average molecular weight is 608 g/mol. The van der Waals surface area contributed by atoms with E-state index in [1.165, 1.54) is 31.4 Å². The Kier molecular flexibility index (Phi) is 7.94. The molecule has 1 N–H and O–H groups in total. The van der Waals surface area contributed by atoms with Crippen LogP contribution in [-0.4, -0.2) is 26.4 Å². The number of nitro groups is 1. The summed E-state index contributed by atoms with van der Waals surface area (Å²) in [4.78, 5) is 22.8. The predicted molar refractivity (Wildman–Crippen MR) is 148 cm³/mol. The van der Waals surface area contributed by atoms with Gasteiger partial charge in [0.05, 0.1) is 16.5 Å². The number of halogens is 1. The molecule has 0 unspecified atom stereocenters. The van der Waals surface area contributed by atoms with Gasteiger partial charge in [-0.2, -0.15) is 13.7 Å². The number of benzene rings is 4. The Morgan fingerprint density at radius 3 is 2.51 bits per heavy atom. The molecule has 0 saturated heterocycles.